The topological polar surface area (TPSA) is 50.8 Å². The van der Waals surface area contributed by atoms with Gasteiger partial charge in [0, 0.05) is 6.54 Å². The molecule has 0 spiro atoms. The Hall–Kier alpha value is -1.96. The lowest BCUT2D eigenvalue weighted by Gasteiger charge is -2.38. The van der Waals surface area contributed by atoms with E-state index in [1.54, 1.807) is 19.2 Å². The fourth-order valence-corrected chi connectivity index (χ4v) is 1.95. The monoisotopic (exact) mass is 318 g/mol. The number of carbonyl (C=O) groups is 1. The van der Waals surface area contributed by atoms with Crippen LogP contribution < -0.4 is 10.1 Å². The van der Waals surface area contributed by atoms with Gasteiger partial charge in [0.25, 0.3) is 0 Å². The highest BCUT2D eigenvalue weighted by atomic mass is 19.4. The Bertz CT molecular complexity index is 499. The average molecular weight is 318 g/mol. The van der Waals surface area contributed by atoms with Crippen LogP contribution in [-0.4, -0.2) is 50.0 Å². The predicted molar refractivity (Wildman–Crippen MR) is 72.6 cm³/mol. The molecular weight excluding hydrogens is 301 g/mol. The molecule has 1 aromatic carbocycles. The molecule has 1 aromatic rings. The van der Waals surface area contributed by atoms with Gasteiger partial charge in [0.2, 0.25) is 0 Å². The van der Waals surface area contributed by atoms with Gasteiger partial charge in [0.05, 0.1) is 26.3 Å². The van der Waals surface area contributed by atoms with Crippen LogP contribution in [0.1, 0.15) is 5.56 Å². The van der Waals surface area contributed by atoms with E-state index in [1.807, 2.05) is 12.1 Å². The van der Waals surface area contributed by atoms with Gasteiger partial charge in [0.1, 0.15) is 12.4 Å². The maximum absolute atomic E-state index is 12.0. The summed E-state index contributed by atoms with van der Waals surface area (Å²) in [7, 11) is 1.57. The molecule has 0 atom stereocenters. The molecule has 8 heteroatoms. The van der Waals surface area contributed by atoms with Crippen molar-refractivity contribution in [2.45, 2.75) is 18.8 Å². The third-order valence-corrected chi connectivity index (χ3v) is 3.22. The van der Waals surface area contributed by atoms with Crippen molar-refractivity contribution >= 4 is 6.03 Å². The smallest absolute Gasteiger partial charge is 0.411 e. The molecule has 1 fully saturated rings. The number of methoxy groups -OCH3 is 1. The van der Waals surface area contributed by atoms with Gasteiger partial charge in [-0.2, -0.15) is 13.2 Å². The fourth-order valence-electron chi connectivity index (χ4n) is 1.95. The molecular formula is C14H17F3N2O3. The minimum atomic E-state index is -4.34. The summed E-state index contributed by atoms with van der Waals surface area (Å²) in [6, 6.07) is 6.90. The van der Waals surface area contributed by atoms with Gasteiger partial charge in [-0.05, 0) is 17.7 Å². The number of hydrogen-bond donors (Lipinski definition) is 1. The second-order valence-electron chi connectivity index (χ2n) is 4.96. The molecule has 0 aromatic heterocycles. The van der Waals surface area contributed by atoms with Crippen molar-refractivity contribution in [2.24, 2.45) is 0 Å². The zero-order chi connectivity index (χ0) is 16.2. The third kappa shape index (κ3) is 4.80. The number of alkyl halides is 3. The van der Waals surface area contributed by atoms with Crippen LogP contribution in [-0.2, 0) is 11.3 Å². The van der Waals surface area contributed by atoms with Crippen LogP contribution in [0.3, 0.4) is 0 Å². The first-order valence-corrected chi connectivity index (χ1v) is 6.71. The van der Waals surface area contributed by atoms with Crippen LogP contribution in [0.2, 0.25) is 0 Å². The summed E-state index contributed by atoms with van der Waals surface area (Å²) in [4.78, 5) is 13.2. The number of carbonyl (C=O) groups excluding carboxylic acids is 1. The second-order valence-corrected chi connectivity index (χ2v) is 4.96. The quantitative estimate of drug-likeness (QED) is 0.905. The molecule has 1 aliphatic rings. The summed E-state index contributed by atoms with van der Waals surface area (Å²) >= 11 is 0. The van der Waals surface area contributed by atoms with Gasteiger partial charge in [0.15, 0.2) is 0 Å². The average Bonchev–Trinajstić information content (AvgIpc) is 2.42. The van der Waals surface area contributed by atoms with Crippen LogP contribution in [0.5, 0.6) is 5.75 Å². The van der Waals surface area contributed by atoms with Crippen molar-refractivity contribution < 1.29 is 27.4 Å². The maximum Gasteiger partial charge on any atom is 0.411 e. The van der Waals surface area contributed by atoms with Gasteiger partial charge in [-0.25, -0.2) is 4.79 Å². The molecule has 0 saturated carbocycles. The number of hydrogen-bond acceptors (Lipinski definition) is 3. The van der Waals surface area contributed by atoms with E-state index in [9.17, 15) is 18.0 Å². The Morgan fingerprint density at radius 2 is 1.95 bits per heavy atom. The van der Waals surface area contributed by atoms with E-state index < -0.39 is 18.9 Å². The molecule has 1 heterocycles. The Morgan fingerprint density at radius 1 is 1.32 bits per heavy atom. The van der Waals surface area contributed by atoms with Gasteiger partial charge in [-0.15, -0.1) is 0 Å². The van der Waals surface area contributed by atoms with Crippen molar-refractivity contribution in [2.75, 3.05) is 26.8 Å². The lowest BCUT2D eigenvalue weighted by molar-refractivity contribution is -0.195. The fraction of sp³-hybridized carbons (Fsp3) is 0.500. The number of ether oxygens (including phenoxy) is 2. The molecule has 1 N–H and O–H groups in total. The van der Waals surface area contributed by atoms with Crippen LogP contribution in [0.4, 0.5) is 18.0 Å². The zero-order valence-electron chi connectivity index (χ0n) is 12.0. The van der Waals surface area contributed by atoms with Crippen LogP contribution >= 0.6 is 0 Å². The normalized spacial score (nSPS) is 15.4. The lowest BCUT2D eigenvalue weighted by Crippen LogP contribution is -2.58. The minimum Gasteiger partial charge on any atom is -0.497 e. The van der Waals surface area contributed by atoms with E-state index in [-0.39, 0.29) is 19.1 Å². The molecule has 0 unspecified atom stereocenters. The predicted octanol–water partition coefficient (Wildman–Crippen LogP) is 2.17. The number of amides is 2. The van der Waals surface area contributed by atoms with Crippen LogP contribution in [0, 0.1) is 0 Å². The maximum atomic E-state index is 12.0. The van der Waals surface area contributed by atoms with E-state index in [1.165, 1.54) is 4.90 Å². The summed E-state index contributed by atoms with van der Waals surface area (Å²) in [5.41, 5.74) is 0.902. The Balaban J connectivity index is 1.66. The van der Waals surface area contributed by atoms with Crippen LogP contribution in [0.15, 0.2) is 24.3 Å². The van der Waals surface area contributed by atoms with Crippen molar-refractivity contribution in [1.29, 1.82) is 0 Å². The first-order chi connectivity index (χ1) is 10.4. The zero-order valence-corrected chi connectivity index (χ0v) is 12.0. The summed E-state index contributed by atoms with van der Waals surface area (Å²) in [6.45, 7) is -0.596. The van der Waals surface area contributed by atoms with Crippen molar-refractivity contribution in [3.05, 3.63) is 29.8 Å². The van der Waals surface area contributed by atoms with E-state index in [4.69, 9.17) is 4.74 Å². The number of nitrogens with one attached hydrogen (secondary N) is 1. The van der Waals surface area contributed by atoms with Crippen LogP contribution in [0.25, 0.3) is 0 Å². The Kier molecular flexibility index (Phi) is 5.12. The number of rotatable bonds is 5. The Labute approximate surface area is 126 Å². The summed E-state index contributed by atoms with van der Waals surface area (Å²) in [5, 5.41) is 2.70. The highest BCUT2D eigenvalue weighted by molar-refractivity contribution is 5.75. The third-order valence-electron chi connectivity index (χ3n) is 3.22. The van der Waals surface area contributed by atoms with Gasteiger partial charge >= 0.3 is 12.2 Å². The SMILES string of the molecule is COc1ccc(CNC(=O)N2CC(OCC(F)(F)F)C2)cc1. The first-order valence-electron chi connectivity index (χ1n) is 6.71. The molecule has 0 aliphatic carbocycles. The largest absolute Gasteiger partial charge is 0.497 e. The molecule has 2 amide bonds. The molecule has 0 radical (unpaired) electrons. The molecule has 122 valence electrons. The molecule has 2 rings (SSSR count). The summed E-state index contributed by atoms with van der Waals surface area (Å²) in [5.74, 6) is 0.725. The number of nitrogens with zero attached hydrogens (tertiary/aromatic N) is 1. The molecule has 1 aliphatic heterocycles. The van der Waals surface area contributed by atoms with Gasteiger partial charge < -0.3 is 19.7 Å². The number of urea groups is 1. The molecule has 5 nitrogen and oxygen atoms in total. The molecule has 0 bridgehead atoms. The summed E-state index contributed by atoms with van der Waals surface area (Å²) in [6.07, 6.45) is -4.88. The summed E-state index contributed by atoms with van der Waals surface area (Å²) < 4.78 is 45.6. The highest BCUT2D eigenvalue weighted by Crippen LogP contribution is 2.19. The van der Waals surface area contributed by atoms with Crippen molar-refractivity contribution in [3.8, 4) is 5.75 Å². The second kappa shape index (κ2) is 6.87. The highest BCUT2D eigenvalue weighted by Gasteiger charge is 2.35. The number of halogens is 3. The minimum absolute atomic E-state index is 0.171. The van der Waals surface area contributed by atoms with E-state index in [2.05, 4.69) is 10.1 Å². The van der Waals surface area contributed by atoms with E-state index in [0.29, 0.717) is 6.54 Å². The number of benzene rings is 1. The lowest BCUT2D eigenvalue weighted by atomic mass is 10.2. The number of likely N-dealkylation sites (tertiary alicyclic amines) is 1. The van der Waals surface area contributed by atoms with Gasteiger partial charge in [-0.3, -0.25) is 0 Å². The standard InChI is InChI=1S/C14H17F3N2O3/c1-21-11-4-2-10(3-5-11)6-18-13(20)19-7-12(8-19)22-9-14(15,16)17/h2-5,12H,6-9H2,1H3,(H,18,20). The Morgan fingerprint density at radius 3 is 2.50 bits per heavy atom. The molecule has 22 heavy (non-hydrogen) atoms. The first kappa shape index (κ1) is 16.4. The van der Waals surface area contributed by atoms with E-state index >= 15 is 0 Å². The molecule has 1 saturated heterocycles. The van der Waals surface area contributed by atoms with Gasteiger partial charge in [-0.1, -0.05) is 12.1 Å². The van der Waals surface area contributed by atoms with Crippen molar-refractivity contribution in [1.82, 2.24) is 10.2 Å². The van der Waals surface area contributed by atoms with Crippen molar-refractivity contribution in [3.63, 3.8) is 0 Å². The van der Waals surface area contributed by atoms with E-state index in [0.717, 1.165) is 11.3 Å².